The normalized spacial score (nSPS) is 17.0. The topological polar surface area (TPSA) is 63.0 Å². The van der Waals surface area contributed by atoms with Gasteiger partial charge in [-0.25, -0.2) is 9.50 Å². The van der Waals surface area contributed by atoms with Crippen LogP contribution in [0.5, 0.6) is 5.75 Å². The number of hydrogen-bond donors (Lipinski definition) is 0. The van der Waals surface area contributed by atoms with Crippen LogP contribution in [0.3, 0.4) is 0 Å². The van der Waals surface area contributed by atoms with Crippen LogP contribution in [0.15, 0.2) is 48.9 Å². The number of carbonyl (C=O) groups excluding carboxylic acids is 1. The highest BCUT2D eigenvalue weighted by molar-refractivity contribution is 5.99. The first-order valence-electron chi connectivity index (χ1n) is 8.58. The first-order valence-corrected chi connectivity index (χ1v) is 8.58. The molecule has 3 aromatic rings. The van der Waals surface area contributed by atoms with E-state index < -0.39 is 0 Å². The third kappa shape index (κ3) is 3.01. The van der Waals surface area contributed by atoms with E-state index in [1.54, 1.807) is 29.2 Å². The average molecular weight is 351 g/mol. The smallest absolute Gasteiger partial charge is 0.260 e. The molecule has 134 valence electrons. The fraction of sp³-hybridized carbons (Fsp3) is 0.316. The number of likely N-dealkylation sites (N-methyl/N-ethyl adjacent to an activating group) is 1. The van der Waals surface area contributed by atoms with E-state index in [1.165, 1.54) is 0 Å². The molecule has 1 aromatic carbocycles. The fourth-order valence-electron chi connectivity index (χ4n) is 3.31. The summed E-state index contributed by atoms with van der Waals surface area (Å²) in [5.74, 6) is 0.760. The Morgan fingerprint density at radius 2 is 2.15 bits per heavy atom. The minimum absolute atomic E-state index is 0.0661. The Hall–Kier alpha value is -2.93. The van der Waals surface area contributed by atoms with Crippen LogP contribution in [-0.2, 0) is 6.54 Å². The molecule has 1 amide bonds. The van der Waals surface area contributed by atoms with Crippen LogP contribution in [0.25, 0.3) is 5.65 Å². The standard InChI is InChI=1S/C19H21N5O2/c1-22(2)12-15-13-26-17-7-4-3-6-14(17)11-23(15)19(25)16-10-21-24-9-5-8-20-18(16)24/h3-10,15H,11-13H2,1-2H3. The van der Waals surface area contributed by atoms with E-state index in [-0.39, 0.29) is 11.9 Å². The van der Waals surface area contributed by atoms with E-state index in [0.29, 0.717) is 30.9 Å². The van der Waals surface area contributed by atoms with Crippen molar-refractivity contribution in [2.75, 3.05) is 27.2 Å². The number of amides is 1. The monoisotopic (exact) mass is 351 g/mol. The molecule has 1 atom stereocenters. The zero-order valence-corrected chi connectivity index (χ0v) is 14.9. The number of hydrogen-bond acceptors (Lipinski definition) is 5. The Morgan fingerprint density at radius 1 is 1.31 bits per heavy atom. The van der Waals surface area contributed by atoms with Crippen LogP contribution < -0.4 is 4.74 Å². The molecule has 0 N–H and O–H groups in total. The van der Waals surface area contributed by atoms with E-state index >= 15 is 0 Å². The highest BCUT2D eigenvalue weighted by Crippen LogP contribution is 2.26. The Kier molecular flexibility index (Phi) is 4.30. The Bertz CT molecular complexity index is 936. The van der Waals surface area contributed by atoms with Crippen molar-refractivity contribution in [3.63, 3.8) is 0 Å². The highest BCUT2D eigenvalue weighted by atomic mass is 16.5. The van der Waals surface area contributed by atoms with E-state index in [0.717, 1.165) is 11.3 Å². The number of aromatic nitrogens is 3. The van der Waals surface area contributed by atoms with Crippen molar-refractivity contribution in [2.24, 2.45) is 0 Å². The zero-order chi connectivity index (χ0) is 18.1. The third-order valence-corrected chi connectivity index (χ3v) is 4.53. The number of fused-ring (bicyclic) bond motifs is 2. The summed E-state index contributed by atoms with van der Waals surface area (Å²) in [6.45, 7) is 1.66. The van der Waals surface area contributed by atoms with Crippen LogP contribution in [-0.4, -0.2) is 63.6 Å². The molecule has 0 aliphatic carbocycles. The Labute approximate surface area is 151 Å². The van der Waals surface area contributed by atoms with Crippen LogP contribution in [0.4, 0.5) is 0 Å². The highest BCUT2D eigenvalue weighted by Gasteiger charge is 2.31. The van der Waals surface area contributed by atoms with E-state index in [9.17, 15) is 4.79 Å². The van der Waals surface area contributed by atoms with Crippen LogP contribution in [0.2, 0.25) is 0 Å². The number of benzene rings is 1. The van der Waals surface area contributed by atoms with Crippen molar-refractivity contribution in [3.8, 4) is 5.75 Å². The molecule has 7 heteroatoms. The molecule has 2 aromatic heterocycles. The first kappa shape index (κ1) is 16.5. The summed E-state index contributed by atoms with van der Waals surface area (Å²) in [5, 5.41) is 4.25. The molecule has 0 radical (unpaired) electrons. The van der Waals surface area contributed by atoms with Gasteiger partial charge in [0.15, 0.2) is 5.65 Å². The summed E-state index contributed by atoms with van der Waals surface area (Å²) in [7, 11) is 4.00. The second-order valence-electron chi connectivity index (χ2n) is 6.71. The van der Waals surface area contributed by atoms with Gasteiger partial charge in [0.05, 0.1) is 18.8 Å². The van der Waals surface area contributed by atoms with Crippen molar-refractivity contribution in [1.29, 1.82) is 0 Å². The lowest BCUT2D eigenvalue weighted by atomic mass is 10.1. The SMILES string of the molecule is CN(C)CC1COc2ccccc2CN1C(=O)c1cnn2cccnc12. The molecule has 0 bridgehead atoms. The van der Waals surface area contributed by atoms with Crippen molar-refractivity contribution in [3.05, 3.63) is 60.0 Å². The lowest BCUT2D eigenvalue weighted by Gasteiger charge is -2.31. The number of carbonyl (C=O) groups is 1. The van der Waals surface area contributed by atoms with Gasteiger partial charge in [0, 0.05) is 24.5 Å². The molecular formula is C19H21N5O2. The summed E-state index contributed by atoms with van der Waals surface area (Å²) in [6, 6.07) is 9.60. The van der Waals surface area contributed by atoms with Crippen molar-refractivity contribution in [2.45, 2.75) is 12.6 Å². The molecule has 1 unspecified atom stereocenters. The predicted octanol–water partition coefficient (Wildman–Crippen LogP) is 1.69. The van der Waals surface area contributed by atoms with Gasteiger partial charge in [0.1, 0.15) is 17.9 Å². The van der Waals surface area contributed by atoms with Gasteiger partial charge in [-0.1, -0.05) is 18.2 Å². The summed E-state index contributed by atoms with van der Waals surface area (Å²) < 4.78 is 7.61. The van der Waals surface area contributed by atoms with Crippen LogP contribution >= 0.6 is 0 Å². The van der Waals surface area contributed by atoms with Gasteiger partial charge in [0.25, 0.3) is 5.91 Å². The molecule has 0 spiro atoms. The van der Waals surface area contributed by atoms with E-state index in [2.05, 4.69) is 15.0 Å². The van der Waals surface area contributed by atoms with Crippen molar-refractivity contribution < 1.29 is 9.53 Å². The summed E-state index contributed by atoms with van der Waals surface area (Å²) in [4.78, 5) is 21.7. The molecule has 26 heavy (non-hydrogen) atoms. The van der Waals surface area contributed by atoms with Gasteiger partial charge in [-0.15, -0.1) is 0 Å². The average Bonchev–Trinajstić information content (AvgIpc) is 2.99. The van der Waals surface area contributed by atoms with Crippen LogP contribution in [0, 0.1) is 0 Å². The molecule has 0 fully saturated rings. The molecule has 3 heterocycles. The van der Waals surface area contributed by atoms with Crippen LogP contribution in [0.1, 0.15) is 15.9 Å². The maximum absolute atomic E-state index is 13.4. The summed E-state index contributed by atoms with van der Waals surface area (Å²) >= 11 is 0. The van der Waals surface area contributed by atoms with Gasteiger partial charge in [-0.05, 0) is 26.2 Å². The Balaban J connectivity index is 1.73. The van der Waals surface area contributed by atoms with Gasteiger partial charge in [-0.2, -0.15) is 5.10 Å². The molecule has 1 aliphatic heterocycles. The fourth-order valence-corrected chi connectivity index (χ4v) is 3.31. The lowest BCUT2D eigenvalue weighted by Crippen LogP contribution is -2.47. The maximum atomic E-state index is 13.4. The molecular weight excluding hydrogens is 330 g/mol. The first-order chi connectivity index (χ1) is 12.6. The number of nitrogens with zero attached hydrogens (tertiary/aromatic N) is 5. The zero-order valence-electron chi connectivity index (χ0n) is 14.9. The van der Waals surface area contributed by atoms with Gasteiger partial charge >= 0.3 is 0 Å². The molecule has 0 saturated heterocycles. The summed E-state index contributed by atoms with van der Waals surface area (Å²) in [6.07, 6.45) is 5.05. The third-order valence-electron chi connectivity index (χ3n) is 4.53. The minimum Gasteiger partial charge on any atom is -0.491 e. The van der Waals surface area contributed by atoms with E-state index in [1.807, 2.05) is 43.3 Å². The van der Waals surface area contributed by atoms with Gasteiger partial charge < -0.3 is 14.5 Å². The van der Waals surface area contributed by atoms with Gasteiger partial charge in [-0.3, -0.25) is 4.79 Å². The molecule has 0 saturated carbocycles. The lowest BCUT2D eigenvalue weighted by molar-refractivity contribution is 0.0585. The molecule has 7 nitrogen and oxygen atoms in total. The number of para-hydroxylation sites is 1. The largest absolute Gasteiger partial charge is 0.491 e. The number of ether oxygens (including phenoxy) is 1. The van der Waals surface area contributed by atoms with Crippen molar-refractivity contribution >= 4 is 11.6 Å². The second kappa shape index (κ2) is 6.76. The Morgan fingerprint density at radius 3 is 3.00 bits per heavy atom. The quantitative estimate of drug-likeness (QED) is 0.719. The number of rotatable bonds is 3. The molecule has 1 aliphatic rings. The van der Waals surface area contributed by atoms with Gasteiger partial charge in [0.2, 0.25) is 0 Å². The summed E-state index contributed by atoms with van der Waals surface area (Å²) in [5.41, 5.74) is 2.08. The van der Waals surface area contributed by atoms with Crippen molar-refractivity contribution in [1.82, 2.24) is 24.4 Å². The molecule has 4 rings (SSSR count). The maximum Gasteiger partial charge on any atom is 0.260 e. The minimum atomic E-state index is -0.0779. The van der Waals surface area contributed by atoms with E-state index in [4.69, 9.17) is 4.74 Å². The second-order valence-corrected chi connectivity index (χ2v) is 6.71. The predicted molar refractivity (Wildman–Crippen MR) is 97.1 cm³/mol.